The summed E-state index contributed by atoms with van der Waals surface area (Å²) in [6.07, 6.45) is 0.667. The molecular formula is C31H35F4N3O7S. The number of carbonyl (C=O) groups excluding carboxylic acids is 3. The molecule has 46 heavy (non-hydrogen) atoms. The maximum Gasteiger partial charge on any atom is 0.313 e. The molecule has 10 nitrogen and oxygen atoms in total. The van der Waals surface area contributed by atoms with Crippen LogP contribution in [0, 0.1) is 23.3 Å². The summed E-state index contributed by atoms with van der Waals surface area (Å²) in [6, 6.07) is 4.94. The first-order valence-corrected chi connectivity index (χ1v) is 15.9. The second kappa shape index (κ2) is 14.3. The zero-order valence-corrected chi connectivity index (χ0v) is 26.2. The fraction of sp³-hybridized carbons (Fsp3) is 0.484. The average Bonchev–Trinajstić information content (AvgIpc) is 3.25. The number of piperidine rings is 1. The van der Waals surface area contributed by atoms with Crippen LogP contribution in [0.25, 0.3) is 0 Å². The van der Waals surface area contributed by atoms with E-state index in [0.717, 1.165) is 5.56 Å². The number of carboxylic acid groups (broad SMARTS) is 1. The highest BCUT2D eigenvalue weighted by Crippen LogP contribution is 2.38. The van der Waals surface area contributed by atoms with Gasteiger partial charge in [-0.1, -0.05) is 39.0 Å². The molecule has 15 heteroatoms. The predicted octanol–water partition coefficient (Wildman–Crippen LogP) is 4.14. The van der Waals surface area contributed by atoms with Crippen molar-refractivity contribution < 1.29 is 50.8 Å². The zero-order chi connectivity index (χ0) is 33.9. The van der Waals surface area contributed by atoms with Crippen LogP contribution in [0.5, 0.6) is 5.75 Å². The van der Waals surface area contributed by atoms with Crippen LogP contribution in [0.15, 0.2) is 30.3 Å². The largest absolute Gasteiger partial charge is 0.481 e. The first-order valence-electron chi connectivity index (χ1n) is 14.7. The molecule has 0 radical (unpaired) electrons. The molecule has 2 bridgehead atoms. The Bertz CT molecular complexity index is 1510. The van der Waals surface area contributed by atoms with Gasteiger partial charge < -0.3 is 20.1 Å². The molecule has 0 aromatic heterocycles. The van der Waals surface area contributed by atoms with E-state index in [9.17, 15) is 40.9 Å². The summed E-state index contributed by atoms with van der Waals surface area (Å²) in [4.78, 5) is 51.9. The quantitative estimate of drug-likeness (QED) is 0.186. The second-order valence-electron chi connectivity index (χ2n) is 12.4. The number of amides is 2. The molecule has 2 fully saturated rings. The molecule has 3 N–H and O–H groups in total. The van der Waals surface area contributed by atoms with Crippen molar-refractivity contribution in [1.82, 2.24) is 9.62 Å². The number of halogens is 4. The monoisotopic (exact) mass is 669 g/mol. The number of para-hydroxylation sites is 1. The molecule has 2 amide bonds. The van der Waals surface area contributed by atoms with Gasteiger partial charge in [0.2, 0.25) is 11.6 Å². The van der Waals surface area contributed by atoms with E-state index in [1.54, 1.807) is 12.1 Å². The van der Waals surface area contributed by atoms with Crippen molar-refractivity contribution in [2.24, 2.45) is 0 Å². The molecule has 2 aromatic rings. The lowest BCUT2D eigenvalue weighted by molar-refractivity contribution is -0.146. The number of carbonyl (C=O) groups is 4. The Balaban J connectivity index is 1.40. The smallest absolute Gasteiger partial charge is 0.313 e. The standard InChI is InChI=1S/C31H35F4N3O7S/c1-31(2,3)19-6-4-5-7-22(19)36-29(42)30(43)38-16-8-9-17(38)13-18(12-16)46(44)37-23(10-11-25(40)41)24(39)15-45-28-26(34)20(32)14-21(33)27(28)35/h4-7,14,16-18,23,37H,8-13,15H2,1-3H3,(H,36,42)(H,40,41)/t16?,17?,18?,23-,46?/m0/s1. The van der Waals surface area contributed by atoms with Gasteiger partial charge in [-0.25, -0.2) is 17.7 Å². The maximum absolute atomic E-state index is 14.0. The number of ether oxygens (including phenoxy) is 1. The van der Waals surface area contributed by atoms with Crippen molar-refractivity contribution in [3.05, 3.63) is 59.2 Å². The minimum atomic E-state index is -1.95. The van der Waals surface area contributed by atoms with Crippen LogP contribution >= 0.6 is 0 Å². The lowest BCUT2D eigenvalue weighted by Crippen LogP contribution is -2.54. The Morgan fingerprint density at radius 3 is 2.17 bits per heavy atom. The van der Waals surface area contributed by atoms with Crippen LogP contribution in [-0.4, -0.2) is 67.8 Å². The highest BCUT2D eigenvalue weighted by molar-refractivity contribution is 7.83. The number of hydrogen-bond acceptors (Lipinski definition) is 6. The molecule has 0 saturated carbocycles. The van der Waals surface area contributed by atoms with E-state index in [4.69, 9.17) is 9.84 Å². The number of carboxylic acids is 1. The summed E-state index contributed by atoms with van der Waals surface area (Å²) >= 11 is 0. The first-order chi connectivity index (χ1) is 21.6. The van der Waals surface area contributed by atoms with Crippen molar-refractivity contribution in [2.75, 3.05) is 11.9 Å². The van der Waals surface area contributed by atoms with Crippen LogP contribution in [0.2, 0.25) is 0 Å². The Labute approximate surface area is 265 Å². The SMILES string of the molecule is CC(C)(C)c1ccccc1NC(=O)C(=O)N1C2CCC1CC(S(=O)N[C@@H](CCC(=O)O)C(=O)COc1c(F)c(F)cc(F)c1F)C2. The van der Waals surface area contributed by atoms with Crippen molar-refractivity contribution in [1.29, 1.82) is 0 Å². The third-order valence-corrected chi connectivity index (χ3v) is 9.64. The van der Waals surface area contributed by atoms with Gasteiger partial charge >= 0.3 is 17.8 Å². The summed E-state index contributed by atoms with van der Waals surface area (Å²) in [5, 5.41) is 11.3. The summed E-state index contributed by atoms with van der Waals surface area (Å²) in [6.45, 7) is 4.85. The number of nitrogens with one attached hydrogen (secondary N) is 2. The van der Waals surface area contributed by atoms with Crippen molar-refractivity contribution in [3.8, 4) is 5.75 Å². The van der Waals surface area contributed by atoms with Gasteiger partial charge in [0.15, 0.2) is 23.2 Å². The lowest BCUT2D eigenvalue weighted by Gasteiger charge is -2.38. The number of Topliss-reactive ketones (excluding diaryl/α,β-unsaturated/α-hetero) is 1. The molecule has 4 rings (SSSR count). The third kappa shape index (κ3) is 7.92. The lowest BCUT2D eigenvalue weighted by atomic mass is 9.86. The van der Waals surface area contributed by atoms with Crippen molar-refractivity contribution >= 4 is 40.2 Å². The van der Waals surface area contributed by atoms with Gasteiger partial charge in [0.1, 0.15) is 6.61 Å². The molecular weight excluding hydrogens is 634 g/mol. The molecule has 0 spiro atoms. The number of aliphatic carboxylic acids is 1. The van der Waals surface area contributed by atoms with Gasteiger partial charge in [-0.15, -0.1) is 0 Å². The average molecular weight is 670 g/mol. The number of hydrogen-bond donors (Lipinski definition) is 3. The summed E-state index contributed by atoms with van der Waals surface area (Å²) < 4.78 is 75.7. The summed E-state index contributed by atoms with van der Waals surface area (Å²) in [5.74, 6) is -12.4. The minimum absolute atomic E-state index is 0.0236. The Morgan fingerprint density at radius 1 is 1.02 bits per heavy atom. The normalized spacial score (nSPS) is 20.6. The molecule has 0 aliphatic carbocycles. The molecule has 2 aliphatic rings. The number of ketones is 1. The number of rotatable bonds is 11. The number of fused-ring (bicyclic) bond motifs is 2. The number of nitrogens with zero attached hydrogens (tertiary/aromatic N) is 1. The third-order valence-electron chi connectivity index (χ3n) is 8.13. The Kier molecular flexibility index (Phi) is 10.9. The van der Waals surface area contributed by atoms with Gasteiger partial charge in [-0.05, 0) is 49.1 Å². The molecule has 2 saturated heterocycles. The fourth-order valence-electron chi connectivity index (χ4n) is 5.88. The van der Waals surface area contributed by atoms with Crippen LogP contribution < -0.4 is 14.8 Å². The van der Waals surface area contributed by atoms with Gasteiger partial charge in [-0.2, -0.15) is 8.78 Å². The van der Waals surface area contributed by atoms with E-state index in [1.807, 2.05) is 32.9 Å². The highest BCUT2D eigenvalue weighted by Gasteiger charge is 2.47. The fourth-order valence-corrected chi connectivity index (χ4v) is 7.40. The Hall–Kier alpha value is -3.85. The van der Waals surface area contributed by atoms with Crippen molar-refractivity contribution in [2.45, 2.75) is 88.1 Å². The topological polar surface area (TPSA) is 142 Å². The van der Waals surface area contributed by atoms with Crippen molar-refractivity contribution in [3.63, 3.8) is 0 Å². The van der Waals surface area contributed by atoms with Gasteiger partial charge in [0.25, 0.3) is 0 Å². The zero-order valence-electron chi connectivity index (χ0n) is 25.4. The molecule has 2 heterocycles. The molecule has 2 aliphatic heterocycles. The molecule has 2 aromatic carbocycles. The summed E-state index contributed by atoms with van der Waals surface area (Å²) in [5.41, 5.74) is 1.09. The van der Waals surface area contributed by atoms with E-state index in [-0.39, 0.29) is 30.7 Å². The highest BCUT2D eigenvalue weighted by atomic mass is 32.2. The van der Waals surface area contributed by atoms with Crippen LogP contribution in [0.4, 0.5) is 23.2 Å². The minimum Gasteiger partial charge on any atom is -0.481 e. The van der Waals surface area contributed by atoms with Gasteiger partial charge in [0.05, 0.1) is 22.3 Å². The maximum atomic E-state index is 14.0. The van der Waals surface area contributed by atoms with E-state index in [2.05, 4.69) is 10.0 Å². The first kappa shape index (κ1) is 35.0. The van der Waals surface area contributed by atoms with Gasteiger partial charge in [0, 0.05) is 30.3 Å². The summed E-state index contributed by atoms with van der Waals surface area (Å²) in [7, 11) is -1.95. The van der Waals surface area contributed by atoms with E-state index in [1.165, 1.54) is 4.90 Å². The molecule has 250 valence electrons. The van der Waals surface area contributed by atoms with E-state index >= 15 is 0 Å². The Morgan fingerprint density at radius 2 is 1.61 bits per heavy atom. The number of anilines is 1. The predicted molar refractivity (Wildman–Crippen MR) is 159 cm³/mol. The van der Waals surface area contributed by atoms with Crippen LogP contribution in [0.3, 0.4) is 0 Å². The second-order valence-corrected chi connectivity index (χ2v) is 13.9. The number of benzene rings is 2. The van der Waals surface area contributed by atoms with Crippen LogP contribution in [0.1, 0.15) is 64.9 Å². The van der Waals surface area contributed by atoms with E-state index in [0.29, 0.717) is 18.5 Å². The van der Waals surface area contributed by atoms with E-state index < -0.39 is 100.0 Å². The van der Waals surface area contributed by atoms with Crippen LogP contribution in [-0.2, 0) is 35.6 Å². The van der Waals surface area contributed by atoms with Gasteiger partial charge in [-0.3, -0.25) is 19.2 Å². The molecule has 4 atom stereocenters. The molecule has 3 unspecified atom stereocenters.